The molecule has 3 heterocycles. The van der Waals surface area contributed by atoms with E-state index in [1.165, 1.54) is 4.57 Å². The first-order valence-corrected chi connectivity index (χ1v) is 6.68. The van der Waals surface area contributed by atoms with E-state index < -0.39 is 28.9 Å². The smallest absolute Gasteiger partial charge is 0.311 e. The van der Waals surface area contributed by atoms with Crippen LogP contribution in [0.2, 0.25) is 0 Å². The quantitative estimate of drug-likeness (QED) is 0.521. The Morgan fingerprint density at radius 3 is 2.95 bits per heavy atom. The molecule has 0 spiro atoms. The molecule has 0 amide bonds. The normalized spacial score (nSPS) is 26.4. The molecule has 20 heavy (non-hydrogen) atoms. The number of aliphatic hydroxyl groups is 2. The highest BCUT2D eigenvalue weighted by Gasteiger charge is 2.36. The molecular weight excluding hydrogens is 288 g/mol. The molecule has 108 valence electrons. The molecule has 1 fully saturated rings. The Morgan fingerprint density at radius 2 is 2.30 bits per heavy atom. The van der Waals surface area contributed by atoms with Crippen molar-refractivity contribution in [1.29, 1.82) is 0 Å². The van der Waals surface area contributed by atoms with Crippen LogP contribution in [-0.4, -0.2) is 43.6 Å². The van der Waals surface area contributed by atoms with Crippen molar-refractivity contribution in [3.8, 4) is 0 Å². The van der Waals surface area contributed by atoms with Crippen molar-refractivity contribution in [3.05, 3.63) is 20.0 Å². The van der Waals surface area contributed by atoms with Gasteiger partial charge in [0.2, 0.25) is 5.95 Å². The van der Waals surface area contributed by atoms with Crippen molar-refractivity contribution in [2.75, 3.05) is 12.3 Å². The molecule has 0 radical (unpaired) electrons. The second kappa shape index (κ2) is 4.66. The zero-order chi connectivity index (χ0) is 14.4. The van der Waals surface area contributed by atoms with E-state index in [0.29, 0.717) is 0 Å². The van der Waals surface area contributed by atoms with Gasteiger partial charge in [-0.2, -0.15) is 4.98 Å². The van der Waals surface area contributed by atoms with Crippen LogP contribution in [0.3, 0.4) is 0 Å². The van der Waals surface area contributed by atoms with Crippen LogP contribution in [0, 0.1) is 0 Å². The molecule has 2 aromatic heterocycles. The number of nitrogens with two attached hydrogens (primary N) is 1. The predicted molar refractivity (Wildman–Crippen MR) is 70.5 cm³/mol. The fraction of sp³-hybridized carbons (Fsp3) is 0.500. The summed E-state index contributed by atoms with van der Waals surface area (Å²) in [6.45, 7) is -0.357. The van der Waals surface area contributed by atoms with Crippen molar-refractivity contribution in [2.24, 2.45) is 0 Å². The summed E-state index contributed by atoms with van der Waals surface area (Å²) in [5.41, 5.74) is 5.10. The van der Waals surface area contributed by atoms with Gasteiger partial charge in [0.15, 0.2) is 5.65 Å². The second-order valence-electron chi connectivity index (χ2n) is 4.46. The van der Waals surface area contributed by atoms with Gasteiger partial charge >= 0.3 is 4.87 Å². The topological polar surface area (TPSA) is 143 Å². The fourth-order valence-corrected chi connectivity index (χ4v) is 3.09. The molecule has 0 saturated carbocycles. The number of nitrogens with one attached hydrogen (secondary N) is 1. The summed E-state index contributed by atoms with van der Waals surface area (Å²) in [6, 6.07) is 0. The number of rotatable bonds is 2. The summed E-state index contributed by atoms with van der Waals surface area (Å²) in [5, 5.41) is 18.8. The van der Waals surface area contributed by atoms with E-state index >= 15 is 0 Å². The molecule has 9 nitrogen and oxygen atoms in total. The molecule has 3 rings (SSSR count). The maximum Gasteiger partial charge on any atom is 0.311 e. The summed E-state index contributed by atoms with van der Waals surface area (Å²) in [6.07, 6.45) is -2.30. The third-order valence-electron chi connectivity index (χ3n) is 3.16. The molecule has 3 atom stereocenters. The number of aromatic nitrogens is 3. The Balaban J connectivity index is 2.15. The van der Waals surface area contributed by atoms with Crippen LogP contribution in [0.4, 0.5) is 5.95 Å². The van der Waals surface area contributed by atoms with Crippen LogP contribution in [0.5, 0.6) is 0 Å². The summed E-state index contributed by atoms with van der Waals surface area (Å²) >= 11 is 0.732. The van der Waals surface area contributed by atoms with Gasteiger partial charge < -0.3 is 20.7 Å². The third kappa shape index (κ3) is 1.93. The van der Waals surface area contributed by atoms with Crippen molar-refractivity contribution in [2.45, 2.75) is 24.9 Å². The number of aliphatic hydroxyl groups excluding tert-OH is 2. The Labute approximate surface area is 115 Å². The average molecular weight is 300 g/mol. The minimum atomic E-state index is -0.883. The number of hydrogen-bond donors (Lipinski definition) is 4. The lowest BCUT2D eigenvalue weighted by molar-refractivity contribution is -0.0437. The van der Waals surface area contributed by atoms with Gasteiger partial charge in [0.25, 0.3) is 5.56 Å². The van der Waals surface area contributed by atoms with E-state index in [2.05, 4.69) is 9.97 Å². The number of hydrogen-bond acceptors (Lipinski definition) is 8. The number of anilines is 1. The zero-order valence-corrected chi connectivity index (χ0v) is 11.0. The van der Waals surface area contributed by atoms with Gasteiger partial charge in [0, 0.05) is 6.42 Å². The first-order valence-electron chi connectivity index (χ1n) is 5.86. The fourth-order valence-electron chi connectivity index (χ4n) is 2.24. The van der Waals surface area contributed by atoms with E-state index in [1.807, 2.05) is 0 Å². The molecule has 0 bridgehead atoms. The molecule has 10 heteroatoms. The molecule has 2 aromatic rings. The first kappa shape index (κ1) is 13.2. The molecule has 1 aliphatic rings. The number of aromatic amines is 1. The predicted octanol–water partition coefficient (Wildman–Crippen LogP) is -1.63. The van der Waals surface area contributed by atoms with Gasteiger partial charge in [-0.05, 0) is 0 Å². The van der Waals surface area contributed by atoms with Crippen LogP contribution < -0.4 is 16.2 Å². The maximum absolute atomic E-state index is 12.0. The summed E-state index contributed by atoms with van der Waals surface area (Å²) < 4.78 is 6.75. The average Bonchev–Trinajstić information content (AvgIpc) is 2.89. The van der Waals surface area contributed by atoms with Gasteiger partial charge in [-0.15, -0.1) is 0 Å². The lowest BCUT2D eigenvalue weighted by Crippen LogP contribution is -2.25. The van der Waals surface area contributed by atoms with Gasteiger partial charge in [-0.3, -0.25) is 19.1 Å². The summed E-state index contributed by atoms with van der Waals surface area (Å²) in [4.78, 5) is 29.6. The molecule has 1 aliphatic heterocycles. The van der Waals surface area contributed by atoms with Crippen LogP contribution >= 0.6 is 11.3 Å². The monoisotopic (exact) mass is 300 g/mol. The third-order valence-corrected chi connectivity index (χ3v) is 4.11. The Kier molecular flexibility index (Phi) is 3.09. The Morgan fingerprint density at radius 1 is 1.55 bits per heavy atom. The maximum atomic E-state index is 12.0. The second-order valence-corrected chi connectivity index (χ2v) is 5.42. The lowest BCUT2D eigenvalue weighted by Gasteiger charge is -2.13. The van der Waals surface area contributed by atoms with Gasteiger partial charge in [-0.25, -0.2) is 0 Å². The highest BCUT2D eigenvalue weighted by atomic mass is 32.1. The lowest BCUT2D eigenvalue weighted by atomic mass is 10.2. The van der Waals surface area contributed by atoms with Crippen LogP contribution in [0.25, 0.3) is 10.3 Å². The van der Waals surface area contributed by atoms with E-state index in [4.69, 9.17) is 15.6 Å². The van der Waals surface area contributed by atoms with Gasteiger partial charge in [0.1, 0.15) is 17.0 Å². The Bertz CT molecular complexity index is 765. The minimum Gasteiger partial charge on any atom is -0.394 e. The first-order chi connectivity index (χ1) is 9.51. The number of ether oxygens (including phenoxy) is 1. The van der Waals surface area contributed by atoms with Crippen molar-refractivity contribution in [1.82, 2.24) is 14.5 Å². The van der Waals surface area contributed by atoms with Gasteiger partial charge in [0.05, 0.1) is 12.7 Å². The molecule has 5 N–H and O–H groups in total. The largest absolute Gasteiger partial charge is 0.394 e. The van der Waals surface area contributed by atoms with E-state index in [0.717, 1.165) is 11.3 Å². The summed E-state index contributed by atoms with van der Waals surface area (Å²) in [7, 11) is 0. The van der Waals surface area contributed by atoms with Crippen LogP contribution in [0.1, 0.15) is 12.6 Å². The Hall–Kier alpha value is -1.75. The molecule has 1 unspecified atom stereocenters. The SMILES string of the molecule is Nc1nc2c(sc(=O)n2[C@H]2CC(O)[C@@H](CO)O2)c(=O)[nH]1. The molecule has 0 aromatic carbocycles. The molecule has 1 saturated heterocycles. The molecular formula is C10H12N4O5S. The van der Waals surface area contributed by atoms with Crippen LogP contribution in [0.15, 0.2) is 9.59 Å². The number of H-pyrrole nitrogens is 1. The number of nitrogens with zero attached hydrogens (tertiary/aromatic N) is 2. The highest BCUT2D eigenvalue weighted by Crippen LogP contribution is 2.30. The number of fused-ring (bicyclic) bond motifs is 1. The van der Waals surface area contributed by atoms with E-state index in [-0.39, 0.29) is 29.3 Å². The number of thiazole rings is 1. The minimum absolute atomic E-state index is 0.105. The van der Waals surface area contributed by atoms with Crippen molar-refractivity contribution < 1.29 is 14.9 Å². The van der Waals surface area contributed by atoms with Gasteiger partial charge in [-0.1, -0.05) is 11.3 Å². The van der Waals surface area contributed by atoms with Crippen molar-refractivity contribution in [3.63, 3.8) is 0 Å². The number of nitrogen functional groups attached to an aromatic ring is 1. The highest BCUT2D eigenvalue weighted by molar-refractivity contribution is 7.16. The van der Waals surface area contributed by atoms with E-state index in [9.17, 15) is 14.7 Å². The van der Waals surface area contributed by atoms with Crippen LogP contribution in [-0.2, 0) is 4.74 Å². The van der Waals surface area contributed by atoms with Crippen molar-refractivity contribution >= 4 is 27.6 Å². The van der Waals surface area contributed by atoms with E-state index in [1.54, 1.807) is 0 Å². The standard InChI is InChI=1S/C10H12N4O5S/c11-9-12-7-6(8(17)13-9)20-10(18)14(7)5-1-3(16)4(2-15)19-5/h3-5,15-16H,1-2H2,(H3,11,12,13,17)/t3?,4-,5-/m1/s1. The summed E-state index contributed by atoms with van der Waals surface area (Å²) in [5.74, 6) is -0.105. The molecule has 0 aliphatic carbocycles. The zero-order valence-electron chi connectivity index (χ0n) is 10.1.